The molecule has 1 unspecified atom stereocenters. The van der Waals surface area contributed by atoms with Crippen LogP contribution in [0.25, 0.3) is 0 Å². The van der Waals surface area contributed by atoms with Crippen molar-refractivity contribution in [2.45, 2.75) is 18.6 Å². The van der Waals surface area contributed by atoms with Crippen LogP contribution in [-0.4, -0.2) is 5.11 Å². The van der Waals surface area contributed by atoms with Crippen molar-refractivity contribution in [1.82, 2.24) is 0 Å². The number of ether oxygens (including phenoxy) is 1. The maximum atomic E-state index is 10.3. The molecule has 2 atom stereocenters. The van der Waals surface area contributed by atoms with Gasteiger partial charge in [-0.15, -0.1) is 0 Å². The fraction of sp³-hybridized carbons (Fsp3) is 0.200. The van der Waals surface area contributed by atoms with E-state index in [1.165, 1.54) is 0 Å². The predicted octanol–water partition coefficient (Wildman–Crippen LogP) is 5.31. The lowest BCUT2D eigenvalue weighted by Gasteiger charge is -2.30. The summed E-state index contributed by atoms with van der Waals surface area (Å²) in [6.45, 7) is 0. The zero-order chi connectivity index (χ0) is 14.3. The molecular formula is C15H11BrCl2O2. The molecule has 5 heteroatoms. The van der Waals surface area contributed by atoms with Crippen LogP contribution in [0.3, 0.4) is 0 Å². The normalized spacial score (nSPS) is 21.2. The molecule has 0 aromatic heterocycles. The second-order valence-electron chi connectivity index (χ2n) is 4.71. The van der Waals surface area contributed by atoms with Gasteiger partial charge in [-0.05, 0) is 51.8 Å². The molecule has 2 aromatic rings. The van der Waals surface area contributed by atoms with E-state index in [0.717, 1.165) is 15.6 Å². The van der Waals surface area contributed by atoms with Gasteiger partial charge in [-0.25, -0.2) is 0 Å². The first-order chi connectivity index (χ1) is 9.54. The van der Waals surface area contributed by atoms with Gasteiger partial charge < -0.3 is 9.84 Å². The van der Waals surface area contributed by atoms with Crippen LogP contribution in [0.4, 0.5) is 0 Å². The van der Waals surface area contributed by atoms with Crippen LogP contribution in [-0.2, 0) is 0 Å². The van der Waals surface area contributed by atoms with Crippen molar-refractivity contribution in [2.75, 3.05) is 0 Å². The third-order valence-electron chi connectivity index (χ3n) is 3.35. The predicted molar refractivity (Wildman–Crippen MR) is 83.5 cm³/mol. The largest absolute Gasteiger partial charge is 0.485 e. The van der Waals surface area contributed by atoms with E-state index in [2.05, 4.69) is 15.9 Å². The highest BCUT2D eigenvalue weighted by Crippen LogP contribution is 2.42. The average molecular weight is 374 g/mol. The van der Waals surface area contributed by atoms with Crippen LogP contribution in [0.1, 0.15) is 29.8 Å². The molecule has 0 saturated carbocycles. The Morgan fingerprint density at radius 1 is 1.15 bits per heavy atom. The fourth-order valence-electron chi connectivity index (χ4n) is 2.33. The van der Waals surface area contributed by atoms with E-state index in [0.29, 0.717) is 22.2 Å². The first-order valence-corrected chi connectivity index (χ1v) is 7.68. The van der Waals surface area contributed by atoms with Crippen LogP contribution in [0.15, 0.2) is 40.9 Å². The second kappa shape index (κ2) is 5.57. The van der Waals surface area contributed by atoms with Crippen molar-refractivity contribution in [3.8, 4) is 5.75 Å². The highest BCUT2D eigenvalue weighted by atomic mass is 79.9. The third-order valence-corrected chi connectivity index (χ3v) is 4.80. The molecule has 1 N–H and O–H groups in total. The van der Waals surface area contributed by atoms with Crippen molar-refractivity contribution < 1.29 is 9.84 Å². The molecule has 1 aliphatic rings. The van der Waals surface area contributed by atoms with Crippen LogP contribution in [0, 0.1) is 0 Å². The minimum absolute atomic E-state index is 0.202. The number of hydrogen-bond donors (Lipinski definition) is 1. The number of aliphatic hydroxyl groups is 1. The van der Waals surface area contributed by atoms with Gasteiger partial charge in [0.25, 0.3) is 0 Å². The molecule has 3 rings (SSSR count). The Morgan fingerprint density at radius 2 is 1.95 bits per heavy atom. The average Bonchev–Trinajstić information content (AvgIpc) is 2.42. The van der Waals surface area contributed by atoms with Crippen LogP contribution < -0.4 is 4.74 Å². The zero-order valence-electron chi connectivity index (χ0n) is 10.3. The standard InChI is InChI=1S/C15H11BrCl2O2/c16-11-5-8(1-3-12(11)18)15-7-13(19)10-6-9(17)2-4-14(10)20-15/h1-6,13,15,19H,7H2/t13-,15?/m0/s1. The van der Waals surface area contributed by atoms with Gasteiger partial charge in [0.2, 0.25) is 0 Å². The van der Waals surface area contributed by atoms with Crippen LogP contribution in [0.2, 0.25) is 10.0 Å². The van der Waals surface area contributed by atoms with Crippen molar-refractivity contribution in [3.63, 3.8) is 0 Å². The van der Waals surface area contributed by atoms with Gasteiger partial charge in [-0.3, -0.25) is 0 Å². The number of aliphatic hydroxyl groups excluding tert-OH is 1. The van der Waals surface area contributed by atoms with E-state index in [-0.39, 0.29) is 6.10 Å². The van der Waals surface area contributed by atoms with Gasteiger partial charge in [-0.2, -0.15) is 0 Å². The van der Waals surface area contributed by atoms with Gasteiger partial charge in [0.1, 0.15) is 11.9 Å². The van der Waals surface area contributed by atoms with E-state index in [1.807, 2.05) is 18.2 Å². The molecule has 104 valence electrons. The van der Waals surface area contributed by atoms with Crippen molar-refractivity contribution in [1.29, 1.82) is 0 Å². The topological polar surface area (TPSA) is 29.5 Å². The molecule has 0 fully saturated rings. The summed E-state index contributed by atoms with van der Waals surface area (Å²) in [4.78, 5) is 0. The van der Waals surface area contributed by atoms with Crippen LogP contribution in [0.5, 0.6) is 5.75 Å². The van der Waals surface area contributed by atoms with Crippen molar-refractivity contribution in [2.24, 2.45) is 0 Å². The molecule has 1 aliphatic heterocycles. The summed E-state index contributed by atoms with van der Waals surface area (Å²) in [7, 11) is 0. The lowest BCUT2D eigenvalue weighted by molar-refractivity contribution is 0.0657. The maximum absolute atomic E-state index is 10.3. The number of benzene rings is 2. The molecule has 0 spiro atoms. The zero-order valence-corrected chi connectivity index (χ0v) is 13.4. The summed E-state index contributed by atoms with van der Waals surface area (Å²) in [5, 5.41) is 11.5. The smallest absolute Gasteiger partial charge is 0.127 e. The Balaban J connectivity index is 1.94. The number of halogens is 3. The first-order valence-electron chi connectivity index (χ1n) is 6.13. The highest BCUT2D eigenvalue weighted by molar-refractivity contribution is 9.10. The van der Waals surface area contributed by atoms with E-state index >= 15 is 0 Å². The lowest BCUT2D eigenvalue weighted by atomic mass is 9.95. The Morgan fingerprint density at radius 3 is 2.70 bits per heavy atom. The van der Waals surface area contributed by atoms with Gasteiger partial charge in [0.15, 0.2) is 0 Å². The van der Waals surface area contributed by atoms with Crippen molar-refractivity contribution >= 4 is 39.1 Å². The van der Waals surface area contributed by atoms with Crippen LogP contribution >= 0.6 is 39.1 Å². The number of hydrogen-bond acceptors (Lipinski definition) is 2. The summed E-state index contributed by atoms with van der Waals surface area (Å²) in [5.74, 6) is 0.671. The highest BCUT2D eigenvalue weighted by Gasteiger charge is 2.28. The molecule has 0 saturated heterocycles. The first kappa shape index (κ1) is 14.2. The Hall–Kier alpha value is -0.740. The molecule has 20 heavy (non-hydrogen) atoms. The van der Waals surface area contributed by atoms with Gasteiger partial charge in [0, 0.05) is 21.5 Å². The van der Waals surface area contributed by atoms with E-state index in [1.54, 1.807) is 18.2 Å². The molecule has 0 amide bonds. The quantitative estimate of drug-likeness (QED) is 0.733. The molecule has 1 heterocycles. The Bertz CT molecular complexity index is 660. The second-order valence-corrected chi connectivity index (χ2v) is 6.41. The minimum Gasteiger partial charge on any atom is -0.485 e. The van der Waals surface area contributed by atoms with E-state index < -0.39 is 6.10 Å². The molecule has 2 aromatic carbocycles. The van der Waals surface area contributed by atoms with Gasteiger partial charge in [0.05, 0.1) is 11.1 Å². The maximum Gasteiger partial charge on any atom is 0.127 e. The SMILES string of the molecule is O[C@H]1CC(c2ccc(Cl)c(Br)c2)Oc2ccc(Cl)cc21. The summed E-state index contributed by atoms with van der Waals surface area (Å²) in [6, 6.07) is 10.9. The summed E-state index contributed by atoms with van der Waals surface area (Å²) >= 11 is 15.3. The third kappa shape index (κ3) is 2.68. The van der Waals surface area contributed by atoms with E-state index in [4.69, 9.17) is 27.9 Å². The summed E-state index contributed by atoms with van der Waals surface area (Å²) < 4.78 is 6.77. The molecule has 0 radical (unpaired) electrons. The summed E-state index contributed by atoms with van der Waals surface area (Å²) in [6.07, 6.45) is -0.300. The minimum atomic E-state index is -0.586. The lowest BCUT2D eigenvalue weighted by Crippen LogP contribution is -2.19. The molecule has 2 nitrogen and oxygen atoms in total. The van der Waals surface area contributed by atoms with Crippen molar-refractivity contribution in [3.05, 3.63) is 62.0 Å². The Kier molecular flexibility index (Phi) is 3.95. The van der Waals surface area contributed by atoms with Gasteiger partial charge >= 0.3 is 0 Å². The number of rotatable bonds is 1. The molecule has 0 aliphatic carbocycles. The van der Waals surface area contributed by atoms with Gasteiger partial charge in [-0.1, -0.05) is 29.3 Å². The number of fused-ring (bicyclic) bond motifs is 1. The Labute approximate surface area is 135 Å². The van der Waals surface area contributed by atoms with E-state index in [9.17, 15) is 5.11 Å². The fourth-order valence-corrected chi connectivity index (χ4v) is 3.03. The summed E-state index contributed by atoms with van der Waals surface area (Å²) in [5.41, 5.74) is 1.71. The molecular weight excluding hydrogens is 363 g/mol. The molecule has 0 bridgehead atoms. The monoisotopic (exact) mass is 372 g/mol.